The topological polar surface area (TPSA) is 54.7 Å². The number of para-hydroxylation sites is 1. The summed E-state index contributed by atoms with van der Waals surface area (Å²) in [7, 11) is 1.69. The van der Waals surface area contributed by atoms with Crippen LogP contribution in [-0.4, -0.2) is 24.5 Å². The summed E-state index contributed by atoms with van der Waals surface area (Å²) in [6, 6.07) is 42.9. The highest BCUT2D eigenvalue weighted by Crippen LogP contribution is 2.27. The van der Waals surface area contributed by atoms with Crippen LogP contribution >= 0.6 is 0 Å². The molecule has 0 saturated carbocycles. The van der Waals surface area contributed by atoms with Crippen molar-refractivity contribution < 1.29 is 13.9 Å². The van der Waals surface area contributed by atoms with E-state index in [2.05, 4.69) is 76.9 Å². The highest BCUT2D eigenvalue weighted by molar-refractivity contribution is 5.91. The second-order valence-corrected chi connectivity index (χ2v) is 10.1. The molecule has 0 spiro atoms. The first-order valence-corrected chi connectivity index (χ1v) is 14.0. The van der Waals surface area contributed by atoms with Gasteiger partial charge in [-0.25, -0.2) is 0 Å². The highest BCUT2D eigenvalue weighted by Gasteiger charge is 2.18. The number of amides is 1. The Morgan fingerprint density at radius 2 is 1.34 bits per heavy atom. The quantitative estimate of drug-likeness (QED) is 0.167. The van der Waals surface area contributed by atoms with Crippen molar-refractivity contribution in [3.63, 3.8) is 0 Å². The summed E-state index contributed by atoms with van der Waals surface area (Å²) in [4.78, 5) is 15.3. The first-order chi connectivity index (χ1) is 20.2. The number of methoxy groups -OCH3 is 1. The Labute approximate surface area is 242 Å². The molecule has 208 valence electrons. The van der Waals surface area contributed by atoms with Crippen molar-refractivity contribution in [3.05, 3.63) is 161 Å². The predicted molar refractivity (Wildman–Crippen MR) is 163 cm³/mol. The number of carbonyl (C=O) groups excluding carboxylic acids is 1. The minimum Gasteiger partial charge on any atom is -0.496 e. The van der Waals surface area contributed by atoms with Crippen LogP contribution in [0.1, 0.15) is 50.9 Å². The number of nitrogens with zero attached hydrogens (tertiary/aromatic N) is 1. The largest absolute Gasteiger partial charge is 0.496 e. The lowest BCUT2D eigenvalue weighted by molar-refractivity contribution is 0.0920. The molecule has 5 aromatic rings. The summed E-state index contributed by atoms with van der Waals surface area (Å²) in [5.74, 6) is 1.93. The van der Waals surface area contributed by atoms with Gasteiger partial charge in [0.15, 0.2) is 5.76 Å². The van der Waals surface area contributed by atoms with E-state index in [9.17, 15) is 4.79 Å². The molecule has 1 N–H and O–H groups in total. The summed E-state index contributed by atoms with van der Waals surface area (Å²) in [5, 5.41) is 3.07. The van der Waals surface area contributed by atoms with E-state index in [1.807, 2.05) is 54.6 Å². The van der Waals surface area contributed by atoms with Crippen molar-refractivity contribution in [1.82, 2.24) is 10.2 Å². The van der Waals surface area contributed by atoms with Gasteiger partial charge < -0.3 is 14.5 Å². The van der Waals surface area contributed by atoms with Crippen LogP contribution in [0.15, 0.2) is 132 Å². The van der Waals surface area contributed by atoms with Crippen LogP contribution in [-0.2, 0) is 19.6 Å². The predicted octanol–water partition coefficient (Wildman–Crippen LogP) is 7.44. The zero-order valence-electron chi connectivity index (χ0n) is 23.4. The van der Waals surface area contributed by atoms with Crippen molar-refractivity contribution in [2.45, 2.75) is 32.0 Å². The molecule has 0 radical (unpaired) electrons. The van der Waals surface area contributed by atoms with Crippen molar-refractivity contribution in [1.29, 1.82) is 0 Å². The molecule has 0 unspecified atom stereocenters. The third-order valence-electron chi connectivity index (χ3n) is 7.22. The third-order valence-corrected chi connectivity index (χ3v) is 7.22. The van der Waals surface area contributed by atoms with Crippen LogP contribution in [0, 0.1) is 0 Å². The van der Waals surface area contributed by atoms with Crippen LogP contribution in [0.3, 0.4) is 0 Å². The van der Waals surface area contributed by atoms with Gasteiger partial charge in [0.05, 0.1) is 13.7 Å². The average Bonchev–Trinajstić information content (AvgIpc) is 3.49. The lowest BCUT2D eigenvalue weighted by atomic mass is 9.88. The molecule has 4 aromatic carbocycles. The van der Waals surface area contributed by atoms with E-state index in [4.69, 9.17) is 9.15 Å². The van der Waals surface area contributed by atoms with Gasteiger partial charge in [0.2, 0.25) is 0 Å². The summed E-state index contributed by atoms with van der Waals surface area (Å²) in [6.45, 7) is 2.52. The molecular weight excluding hydrogens is 508 g/mol. The number of hydrogen-bond acceptors (Lipinski definition) is 4. The molecule has 0 saturated heterocycles. The van der Waals surface area contributed by atoms with Crippen LogP contribution in [0.2, 0.25) is 0 Å². The van der Waals surface area contributed by atoms with Gasteiger partial charge in [-0.15, -0.1) is 0 Å². The number of benzene rings is 4. The van der Waals surface area contributed by atoms with E-state index in [0.717, 1.165) is 30.0 Å². The SMILES string of the molecule is COc1ccccc1CN(Cc1ccccc1)Cc1ccc(C(=O)NCCC(c2ccccc2)c2ccccc2)o1. The fourth-order valence-corrected chi connectivity index (χ4v) is 5.20. The Hall–Kier alpha value is -4.61. The third kappa shape index (κ3) is 7.74. The van der Waals surface area contributed by atoms with Gasteiger partial charge in [-0.2, -0.15) is 0 Å². The van der Waals surface area contributed by atoms with E-state index in [-0.39, 0.29) is 11.8 Å². The summed E-state index contributed by atoms with van der Waals surface area (Å²) < 4.78 is 11.6. The summed E-state index contributed by atoms with van der Waals surface area (Å²) in [5.41, 5.74) is 4.78. The molecule has 5 rings (SSSR count). The Kier molecular flexibility index (Phi) is 9.64. The molecule has 0 atom stereocenters. The minimum absolute atomic E-state index is 0.199. The number of hydrogen-bond donors (Lipinski definition) is 1. The highest BCUT2D eigenvalue weighted by atomic mass is 16.5. The Morgan fingerprint density at radius 3 is 2.00 bits per heavy atom. The van der Waals surface area contributed by atoms with Crippen LogP contribution in [0.4, 0.5) is 0 Å². The lowest BCUT2D eigenvalue weighted by Crippen LogP contribution is -2.25. The number of nitrogens with one attached hydrogen (secondary N) is 1. The van der Waals surface area contributed by atoms with Crippen LogP contribution in [0.5, 0.6) is 5.75 Å². The fourth-order valence-electron chi connectivity index (χ4n) is 5.20. The standard InChI is InChI=1S/C36H36N2O3/c1-40-34-20-12-11-19-31(34)26-38(25-28-13-5-2-6-14-28)27-32-21-22-35(41-32)36(39)37-24-23-33(29-15-7-3-8-16-29)30-17-9-4-10-18-30/h2-22,33H,23-27H2,1H3,(H,37,39). The van der Waals surface area contributed by atoms with Gasteiger partial charge in [0, 0.05) is 31.1 Å². The van der Waals surface area contributed by atoms with Gasteiger partial charge >= 0.3 is 0 Å². The fraction of sp³-hybridized carbons (Fsp3) is 0.194. The van der Waals surface area contributed by atoms with Crippen molar-refractivity contribution in [2.24, 2.45) is 0 Å². The van der Waals surface area contributed by atoms with Crippen molar-refractivity contribution in [3.8, 4) is 5.75 Å². The van der Waals surface area contributed by atoms with Crippen molar-refractivity contribution in [2.75, 3.05) is 13.7 Å². The number of rotatable bonds is 13. The summed E-state index contributed by atoms with van der Waals surface area (Å²) in [6.07, 6.45) is 0.789. The molecule has 0 aliphatic heterocycles. The molecule has 1 aromatic heterocycles. The van der Waals surface area contributed by atoms with Gasteiger partial charge in [0.1, 0.15) is 11.5 Å². The van der Waals surface area contributed by atoms with E-state index >= 15 is 0 Å². The Morgan fingerprint density at radius 1 is 0.732 bits per heavy atom. The number of furan rings is 1. The molecule has 5 nitrogen and oxygen atoms in total. The smallest absolute Gasteiger partial charge is 0.286 e. The molecule has 1 heterocycles. The Balaban J connectivity index is 1.23. The molecule has 0 fully saturated rings. The normalized spacial score (nSPS) is 11.1. The Bertz CT molecular complexity index is 1460. The second kappa shape index (κ2) is 14.1. The average molecular weight is 545 g/mol. The monoisotopic (exact) mass is 544 g/mol. The minimum atomic E-state index is -0.199. The van der Waals surface area contributed by atoms with Crippen LogP contribution < -0.4 is 10.1 Å². The number of carbonyl (C=O) groups is 1. The second-order valence-electron chi connectivity index (χ2n) is 10.1. The van der Waals surface area contributed by atoms with E-state index < -0.39 is 0 Å². The number of ether oxygens (including phenoxy) is 1. The van der Waals surface area contributed by atoms with E-state index in [1.54, 1.807) is 13.2 Å². The molecule has 0 aliphatic carbocycles. The maximum absolute atomic E-state index is 13.0. The summed E-state index contributed by atoms with van der Waals surface area (Å²) >= 11 is 0. The van der Waals surface area contributed by atoms with Gasteiger partial charge in [-0.05, 0) is 41.3 Å². The maximum atomic E-state index is 13.0. The zero-order valence-corrected chi connectivity index (χ0v) is 23.4. The molecule has 0 bridgehead atoms. The van der Waals surface area contributed by atoms with Crippen LogP contribution in [0.25, 0.3) is 0 Å². The van der Waals surface area contributed by atoms with E-state index in [1.165, 1.54) is 16.7 Å². The lowest BCUT2D eigenvalue weighted by Gasteiger charge is -2.22. The molecule has 41 heavy (non-hydrogen) atoms. The molecule has 1 amide bonds. The first kappa shape index (κ1) is 27.9. The first-order valence-electron chi connectivity index (χ1n) is 14.0. The van der Waals surface area contributed by atoms with Gasteiger partial charge in [0.25, 0.3) is 5.91 Å². The zero-order chi connectivity index (χ0) is 28.3. The van der Waals surface area contributed by atoms with Crippen molar-refractivity contribution >= 4 is 5.91 Å². The molecule has 5 heteroatoms. The van der Waals surface area contributed by atoms with Gasteiger partial charge in [-0.1, -0.05) is 109 Å². The van der Waals surface area contributed by atoms with Gasteiger partial charge in [-0.3, -0.25) is 9.69 Å². The molecule has 0 aliphatic rings. The maximum Gasteiger partial charge on any atom is 0.286 e. The van der Waals surface area contributed by atoms with E-state index in [0.29, 0.717) is 25.4 Å². The molecular formula is C36H36N2O3.